The highest BCUT2D eigenvalue weighted by atomic mass is 32.2. The Bertz CT molecular complexity index is 773. The van der Waals surface area contributed by atoms with Crippen LogP contribution in [0.15, 0.2) is 53.4 Å². The van der Waals surface area contributed by atoms with Crippen LogP contribution in [0.4, 0.5) is 18.9 Å². The summed E-state index contributed by atoms with van der Waals surface area (Å²) in [6.07, 6.45) is -4.93. The van der Waals surface area contributed by atoms with Crippen LogP contribution in [-0.4, -0.2) is 21.9 Å². The number of para-hydroxylation sites is 2. The van der Waals surface area contributed by atoms with Gasteiger partial charge in [0.05, 0.1) is 17.7 Å². The molecular formula is C14H12F3NO4S. The Kier molecular flexibility index (Phi) is 4.69. The number of benzene rings is 2. The van der Waals surface area contributed by atoms with Crippen LogP contribution >= 0.6 is 0 Å². The number of hydrogen-bond donors (Lipinski definition) is 1. The summed E-state index contributed by atoms with van der Waals surface area (Å²) in [5.41, 5.74) is -0.319. The Hall–Kier alpha value is -2.42. The molecule has 1 N–H and O–H groups in total. The van der Waals surface area contributed by atoms with Gasteiger partial charge in [-0.25, -0.2) is 8.42 Å². The third kappa shape index (κ3) is 4.52. The molecule has 2 aromatic rings. The van der Waals surface area contributed by atoms with E-state index in [4.69, 9.17) is 4.74 Å². The van der Waals surface area contributed by atoms with E-state index < -0.39 is 22.1 Å². The second kappa shape index (κ2) is 6.37. The van der Waals surface area contributed by atoms with Gasteiger partial charge in [0.25, 0.3) is 10.0 Å². The van der Waals surface area contributed by atoms with E-state index in [1.54, 1.807) is 0 Å². The molecular weight excluding hydrogens is 335 g/mol. The first-order chi connectivity index (χ1) is 10.7. The van der Waals surface area contributed by atoms with Crippen LogP contribution in [-0.2, 0) is 10.0 Å². The zero-order valence-corrected chi connectivity index (χ0v) is 12.6. The summed E-state index contributed by atoms with van der Waals surface area (Å²) in [4.78, 5) is -0.125. The van der Waals surface area contributed by atoms with Crippen molar-refractivity contribution in [3.63, 3.8) is 0 Å². The summed E-state index contributed by atoms with van der Waals surface area (Å²) in [6.45, 7) is 0. The molecule has 0 spiro atoms. The lowest BCUT2D eigenvalue weighted by Crippen LogP contribution is -2.19. The lowest BCUT2D eigenvalue weighted by atomic mass is 10.3. The number of nitrogens with one attached hydrogen (secondary N) is 1. The monoisotopic (exact) mass is 347 g/mol. The fraction of sp³-hybridized carbons (Fsp3) is 0.143. The van der Waals surface area contributed by atoms with E-state index in [-0.39, 0.29) is 10.6 Å². The van der Waals surface area contributed by atoms with Crippen LogP contribution < -0.4 is 14.2 Å². The highest BCUT2D eigenvalue weighted by Crippen LogP contribution is 2.31. The number of ether oxygens (including phenoxy) is 2. The van der Waals surface area contributed by atoms with E-state index in [0.29, 0.717) is 5.75 Å². The van der Waals surface area contributed by atoms with E-state index >= 15 is 0 Å². The number of methoxy groups -OCH3 is 1. The minimum absolute atomic E-state index is 0.125. The molecule has 0 saturated heterocycles. The van der Waals surface area contributed by atoms with E-state index in [2.05, 4.69) is 9.46 Å². The second-order valence-corrected chi connectivity index (χ2v) is 6.01. The Morgan fingerprint density at radius 1 is 1.00 bits per heavy atom. The molecule has 0 aliphatic rings. The van der Waals surface area contributed by atoms with Crippen molar-refractivity contribution in [1.82, 2.24) is 0 Å². The van der Waals surface area contributed by atoms with Crippen molar-refractivity contribution in [1.29, 1.82) is 0 Å². The molecule has 0 unspecified atom stereocenters. The van der Waals surface area contributed by atoms with Crippen molar-refractivity contribution in [2.24, 2.45) is 0 Å². The van der Waals surface area contributed by atoms with Gasteiger partial charge < -0.3 is 9.47 Å². The maximum Gasteiger partial charge on any atom is 0.573 e. The van der Waals surface area contributed by atoms with Gasteiger partial charge in [-0.2, -0.15) is 0 Å². The molecule has 0 aliphatic heterocycles. The molecule has 0 aromatic heterocycles. The number of alkyl halides is 3. The van der Waals surface area contributed by atoms with E-state index in [0.717, 1.165) is 6.07 Å². The zero-order chi connectivity index (χ0) is 17.1. The summed E-state index contributed by atoms with van der Waals surface area (Å²) in [6, 6.07) is 10.3. The first-order valence-electron chi connectivity index (χ1n) is 6.23. The van der Waals surface area contributed by atoms with Crippen LogP contribution in [0.25, 0.3) is 0 Å². The van der Waals surface area contributed by atoms with E-state index in [1.165, 1.54) is 49.6 Å². The van der Waals surface area contributed by atoms with Gasteiger partial charge in [0.2, 0.25) is 0 Å². The van der Waals surface area contributed by atoms with Crippen molar-refractivity contribution < 1.29 is 31.1 Å². The van der Waals surface area contributed by atoms with Crippen LogP contribution in [0.5, 0.6) is 11.5 Å². The highest BCUT2D eigenvalue weighted by Gasteiger charge is 2.32. The fourth-order valence-corrected chi connectivity index (χ4v) is 2.79. The molecule has 5 nitrogen and oxygen atoms in total. The molecule has 0 atom stereocenters. The van der Waals surface area contributed by atoms with Crippen LogP contribution in [0.2, 0.25) is 0 Å². The number of anilines is 1. The molecule has 0 amide bonds. The second-order valence-electron chi connectivity index (χ2n) is 4.32. The van der Waals surface area contributed by atoms with Crippen LogP contribution in [0.3, 0.4) is 0 Å². The highest BCUT2D eigenvalue weighted by molar-refractivity contribution is 7.92. The molecule has 2 rings (SSSR count). The van der Waals surface area contributed by atoms with Gasteiger partial charge in [0.1, 0.15) is 5.75 Å². The smallest absolute Gasteiger partial charge is 0.497 e. The maximum absolute atomic E-state index is 12.3. The number of hydrogen-bond acceptors (Lipinski definition) is 4. The van der Waals surface area contributed by atoms with Crippen LogP contribution in [0, 0.1) is 0 Å². The average Bonchev–Trinajstić information content (AvgIpc) is 2.48. The number of halogens is 3. The number of rotatable bonds is 5. The zero-order valence-electron chi connectivity index (χ0n) is 11.8. The third-order valence-electron chi connectivity index (χ3n) is 2.73. The SMILES string of the molecule is COc1ccc(S(=O)(=O)Nc2ccccc2OC(F)(F)F)cc1. The van der Waals surface area contributed by atoms with Gasteiger partial charge in [-0.3, -0.25) is 4.72 Å². The molecule has 0 saturated carbocycles. The fourth-order valence-electron chi connectivity index (χ4n) is 1.72. The molecule has 0 radical (unpaired) electrons. The maximum atomic E-state index is 12.3. The van der Waals surface area contributed by atoms with E-state index in [1.807, 2.05) is 0 Å². The van der Waals surface area contributed by atoms with Crippen LogP contribution in [0.1, 0.15) is 0 Å². The predicted molar refractivity (Wildman–Crippen MR) is 76.9 cm³/mol. The topological polar surface area (TPSA) is 64.6 Å². The predicted octanol–water partition coefficient (Wildman–Crippen LogP) is 3.39. The third-order valence-corrected chi connectivity index (χ3v) is 4.11. The largest absolute Gasteiger partial charge is 0.573 e. The minimum Gasteiger partial charge on any atom is -0.497 e. The van der Waals surface area contributed by atoms with Gasteiger partial charge in [0.15, 0.2) is 5.75 Å². The van der Waals surface area contributed by atoms with Gasteiger partial charge >= 0.3 is 6.36 Å². The van der Waals surface area contributed by atoms with Crippen molar-refractivity contribution in [2.45, 2.75) is 11.3 Å². The Balaban J connectivity index is 2.30. The van der Waals surface area contributed by atoms with Crippen molar-refractivity contribution in [3.05, 3.63) is 48.5 Å². The number of sulfonamides is 1. The normalized spacial score (nSPS) is 11.8. The molecule has 9 heteroatoms. The van der Waals surface area contributed by atoms with Crippen molar-refractivity contribution in [3.8, 4) is 11.5 Å². The van der Waals surface area contributed by atoms with Gasteiger partial charge in [-0.05, 0) is 36.4 Å². The molecule has 23 heavy (non-hydrogen) atoms. The summed E-state index contributed by atoms with van der Waals surface area (Å²) < 4.78 is 72.3. The van der Waals surface area contributed by atoms with Crippen molar-refractivity contribution >= 4 is 15.7 Å². The Morgan fingerprint density at radius 2 is 1.61 bits per heavy atom. The first-order valence-corrected chi connectivity index (χ1v) is 7.71. The molecule has 0 fully saturated rings. The molecule has 124 valence electrons. The summed E-state index contributed by atoms with van der Waals surface area (Å²) in [5, 5.41) is 0. The molecule has 0 heterocycles. The van der Waals surface area contributed by atoms with Gasteiger partial charge in [-0.15, -0.1) is 13.2 Å². The Morgan fingerprint density at radius 3 is 2.17 bits per heavy atom. The van der Waals surface area contributed by atoms with Gasteiger partial charge in [-0.1, -0.05) is 12.1 Å². The molecule has 2 aromatic carbocycles. The molecule has 0 bridgehead atoms. The standard InChI is InChI=1S/C14H12F3NO4S/c1-21-10-6-8-11(9-7-10)23(19,20)18-12-4-2-3-5-13(12)22-14(15,16)17/h2-9,18H,1H3. The van der Waals surface area contributed by atoms with E-state index in [9.17, 15) is 21.6 Å². The first kappa shape index (κ1) is 16.9. The molecule has 0 aliphatic carbocycles. The van der Waals surface area contributed by atoms with Crippen molar-refractivity contribution in [2.75, 3.05) is 11.8 Å². The summed E-state index contributed by atoms with van der Waals surface area (Å²) in [7, 11) is -2.65. The quantitative estimate of drug-likeness (QED) is 0.900. The lowest BCUT2D eigenvalue weighted by molar-refractivity contribution is -0.274. The summed E-state index contributed by atoms with van der Waals surface area (Å²) in [5.74, 6) is -0.193. The minimum atomic E-state index is -4.93. The Labute approximate surface area is 130 Å². The average molecular weight is 347 g/mol. The van der Waals surface area contributed by atoms with Gasteiger partial charge in [0, 0.05) is 0 Å². The lowest BCUT2D eigenvalue weighted by Gasteiger charge is -2.14. The summed E-state index contributed by atoms with van der Waals surface area (Å²) >= 11 is 0.